The van der Waals surface area contributed by atoms with Gasteiger partial charge in [0.2, 0.25) is 5.56 Å². The van der Waals surface area contributed by atoms with Crippen molar-refractivity contribution in [3.05, 3.63) is 79.6 Å². The number of hydrogen-bond acceptors (Lipinski definition) is 7. The van der Waals surface area contributed by atoms with Crippen molar-refractivity contribution in [2.45, 2.75) is 69.4 Å². The van der Waals surface area contributed by atoms with Crippen LogP contribution in [0.4, 0.5) is 11.4 Å². The molecule has 0 unspecified atom stereocenters. The number of piperidine rings is 1. The summed E-state index contributed by atoms with van der Waals surface area (Å²) in [5.41, 5.74) is 1.94. The number of aromatic amines is 1. The topological polar surface area (TPSA) is 147 Å². The van der Waals surface area contributed by atoms with E-state index in [0.29, 0.717) is 42.4 Å². The number of hydrogen-bond donors (Lipinski definition) is 3. The molecular formula is C33H37N5O6. The standard InChI is InChI=1S/C33H37N5O6/c39-29-17-23(22-5-1-2-6-25(22)34-29)31(40)36-27-8-4-3-7-26(27)35-30-24(15-21(20-9-10-20)16-28(30)38(42)43)32(41)37-13-11-33(12-14-37)18-44-19-33/h1-2,5-6,15-17,20,26-27,35H,3-4,7-14,18-19H2,(H,34,39)(H,36,40)/t26-,27+/m1/s1. The van der Waals surface area contributed by atoms with Crippen molar-refractivity contribution in [3.8, 4) is 0 Å². The lowest BCUT2D eigenvalue weighted by Gasteiger charge is -2.47. The molecule has 7 rings (SSSR count). The molecule has 1 aromatic heterocycles. The Labute approximate surface area is 254 Å². The second kappa shape index (κ2) is 11.4. The normalized spacial score (nSPS) is 22.8. The predicted octanol–water partition coefficient (Wildman–Crippen LogP) is 4.72. The van der Waals surface area contributed by atoms with Crippen LogP contribution in [0, 0.1) is 15.5 Å². The van der Waals surface area contributed by atoms with Crippen LogP contribution in [-0.2, 0) is 4.74 Å². The minimum atomic E-state index is -0.402. The maximum atomic E-state index is 14.1. The van der Waals surface area contributed by atoms with Crippen LogP contribution in [0.25, 0.3) is 10.9 Å². The van der Waals surface area contributed by atoms with E-state index in [1.165, 1.54) is 6.07 Å². The highest BCUT2D eigenvalue weighted by molar-refractivity contribution is 6.06. The summed E-state index contributed by atoms with van der Waals surface area (Å²) in [6.07, 6.45) is 6.73. The first-order chi connectivity index (χ1) is 21.3. The van der Waals surface area contributed by atoms with Crippen molar-refractivity contribution in [1.82, 2.24) is 15.2 Å². The summed E-state index contributed by atoms with van der Waals surface area (Å²) < 4.78 is 5.45. The van der Waals surface area contributed by atoms with Crippen LogP contribution in [0.15, 0.2) is 47.3 Å². The Morgan fingerprint density at radius 2 is 1.70 bits per heavy atom. The number of H-pyrrole nitrogens is 1. The van der Waals surface area contributed by atoms with Gasteiger partial charge in [-0.1, -0.05) is 31.0 Å². The number of anilines is 1. The molecule has 3 heterocycles. The second-order valence-corrected chi connectivity index (χ2v) is 13.0. The van der Waals surface area contributed by atoms with Crippen LogP contribution in [0.5, 0.6) is 0 Å². The lowest BCUT2D eigenvalue weighted by molar-refractivity contribution is -0.384. The van der Waals surface area contributed by atoms with Gasteiger partial charge >= 0.3 is 0 Å². The van der Waals surface area contributed by atoms with E-state index in [-0.39, 0.29) is 57.7 Å². The van der Waals surface area contributed by atoms with E-state index in [1.54, 1.807) is 24.3 Å². The van der Waals surface area contributed by atoms with Gasteiger partial charge in [0.1, 0.15) is 5.69 Å². The number of benzene rings is 2. The van der Waals surface area contributed by atoms with Crippen LogP contribution >= 0.6 is 0 Å². The largest absolute Gasteiger partial charge is 0.380 e. The molecule has 2 atom stereocenters. The molecule has 2 saturated heterocycles. The third-order valence-corrected chi connectivity index (χ3v) is 9.95. The number of pyridine rings is 1. The van der Waals surface area contributed by atoms with Crippen molar-refractivity contribution < 1.29 is 19.2 Å². The molecule has 3 N–H and O–H groups in total. The third-order valence-electron chi connectivity index (χ3n) is 9.95. The summed E-state index contributed by atoms with van der Waals surface area (Å²) in [5, 5.41) is 19.6. The smallest absolute Gasteiger partial charge is 0.293 e. The highest BCUT2D eigenvalue weighted by atomic mass is 16.6. The molecule has 44 heavy (non-hydrogen) atoms. The molecule has 1 spiro atoms. The van der Waals surface area contributed by atoms with Crippen molar-refractivity contribution in [2.24, 2.45) is 5.41 Å². The lowest BCUT2D eigenvalue weighted by atomic mass is 9.76. The molecule has 2 amide bonds. The highest BCUT2D eigenvalue weighted by Crippen LogP contribution is 2.45. The Balaban J connectivity index is 1.19. The molecular weight excluding hydrogens is 562 g/mol. The molecule has 4 aliphatic rings. The van der Waals surface area contributed by atoms with Crippen LogP contribution < -0.4 is 16.2 Å². The van der Waals surface area contributed by atoms with Gasteiger partial charge in [-0.05, 0) is 62.1 Å². The molecule has 0 bridgehead atoms. The number of likely N-dealkylation sites (tertiary alicyclic amines) is 1. The summed E-state index contributed by atoms with van der Waals surface area (Å²) in [6, 6.07) is 11.2. The first kappa shape index (κ1) is 28.5. The van der Waals surface area contributed by atoms with Crippen molar-refractivity contribution in [1.29, 1.82) is 0 Å². The fourth-order valence-electron chi connectivity index (χ4n) is 7.10. The van der Waals surface area contributed by atoms with Gasteiger partial charge in [0, 0.05) is 53.6 Å². The second-order valence-electron chi connectivity index (χ2n) is 13.0. The van der Waals surface area contributed by atoms with Gasteiger partial charge in [0.05, 0.1) is 29.3 Å². The molecule has 2 saturated carbocycles. The van der Waals surface area contributed by atoms with Gasteiger partial charge in [-0.2, -0.15) is 0 Å². The Bertz CT molecular complexity index is 1680. The van der Waals surface area contributed by atoms with E-state index in [2.05, 4.69) is 15.6 Å². The Kier molecular flexibility index (Phi) is 7.36. The fraction of sp³-hybridized carbons (Fsp3) is 0.485. The van der Waals surface area contributed by atoms with E-state index in [4.69, 9.17) is 4.74 Å². The minimum Gasteiger partial charge on any atom is -0.380 e. The quantitative estimate of drug-likeness (QED) is 0.263. The first-order valence-corrected chi connectivity index (χ1v) is 15.7. The van der Waals surface area contributed by atoms with Gasteiger partial charge in [0.25, 0.3) is 17.5 Å². The number of fused-ring (bicyclic) bond motifs is 1. The van der Waals surface area contributed by atoms with Crippen molar-refractivity contribution in [2.75, 3.05) is 31.6 Å². The number of carbonyl (C=O) groups excluding carboxylic acids is 2. The number of carbonyl (C=O) groups is 2. The number of para-hydroxylation sites is 1. The van der Waals surface area contributed by atoms with E-state index in [9.17, 15) is 24.5 Å². The van der Waals surface area contributed by atoms with Gasteiger partial charge in [0.15, 0.2) is 0 Å². The molecule has 11 heteroatoms. The van der Waals surface area contributed by atoms with Crippen LogP contribution in [0.3, 0.4) is 0 Å². The van der Waals surface area contributed by atoms with Crippen LogP contribution in [-0.4, -0.2) is 65.0 Å². The average molecular weight is 600 g/mol. The minimum absolute atomic E-state index is 0.102. The fourth-order valence-corrected chi connectivity index (χ4v) is 7.10. The molecule has 2 aliphatic heterocycles. The summed E-state index contributed by atoms with van der Waals surface area (Å²) >= 11 is 0. The Morgan fingerprint density at radius 1 is 0.977 bits per heavy atom. The highest BCUT2D eigenvalue weighted by Gasteiger charge is 2.43. The average Bonchev–Trinajstić information content (AvgIpc) is 3.86. The van der Waals surface area contributed by atoms with E-state index in [1.807, 2.05) is 17.0 Å². The number of aromatic nitrogens is 1. The molecule has 11 nitrogen and oxygen atoms in total. The van der Waals surface area contributed by atoms with Crippen molar-refractivity contribution >= 4 is 34.1 Å². The number of ether oxygens (including phenoxy) is 1. The monoisotopic (exact) mass is 599 g/mol. The molecule has 3 aromatic rings. The number of nitro groups is 1. The van der Waals surface area contributed by atoms with Gasteiger partial charge in [-0.3, -0.25) is 24.5 Å². The van der Waals surface area contributed by atoms with Crippen LogP contribution in [0.1, 0.15) is 83.6 Å². The maximum Gasteiger partial charge on any atom is 0.293 e. The SMILES string of the molecule is O=C(N[C@H]1CCCC[C@H]1Nc1c(C(=O)N2CCC3(CC2)COC3)cc(C2CC2)cc1[N+](=O)[O-])c1cc(=O)[nH]c2ccccc12. The molecule has 2 aliphatic carbocycles. The number of amides is 2. The molecule has 0 radical (unpaired) electrons. The summed E-state index contributed by atoms with van der Waals surface area (Å²) in [5.74, 6) is -0.334. The zero-order valence-electron chi connectivity index (χ0n) is 24.6. The van der Waals surface area contributed by atoms with Crippen LogP contribution in [0.2, 0.25) is 0 Å². The van der Waals surface area contributed by atoms with Gasteiger partial charge < -0.3 is 25.3 Å². The number of nitrogens with one attached hydrogen (secondary N) is 3. The van der Waals surface area contributed by atoms with Crippen molar-refractivity contribution in [3.63, 3.8) is 0 Å². The Morgan fingerprint density at radius 3 is 2.39 bits per heavy atom. The summed E-state index contributed by atoms with van der Waals surface area (Å²) in [4.78, 5) is 56.6. The third kappa shape index (κ3) is 5.45. The summed E-state index contributed by atoms with van der Waals surface area (Å²) in [6.45, 7) is 2.64. The lowest BCUT2D eigenvalue weighted by Crippen LogP contribution is -2.52. The first-order valence-electron chi connectivity index (χ1n) is 15.7. The number of nitrogens with zero attached hydrogens (tertiary/aromatic N) is 2. The predicted molar refractivity (Wildman–Crippen MR) is 165 cm³/mol. The molecule has 230 valence electrons. The Hall–Kier alpha value is -4.25. The molecule has 2 aromatic carbocycles. The summed E-state index contributed by atoms with van der Waals surface area (Å²) in [7, 11) is 0. The van der Waals surface area contributed by atoms with E-state index >= 15 is 0 Å². The van der Waals surface area contributed by atoms with E-state index in [0.717, 1.165) is 57.3 Å². The van der Waals surface area contributed by atoms with Gasteiger partial charge in [-0.25, -0.2) is 0 Å². The zero-order valence-corrected chi connectivity index (χ0v) is 24.6. The number of rotatable bonds is 7. The maximum absolute atomic E-state index is 14.1. The molecule has 4 fully saturated rings. The van der Waals surface area contributed by atoms with Gasteiger partial charge in [-0.15, -0.1) is 0 Å². The zero-order chi connectivity index (χ0) is 30.4. The number of nitro benzene ring substituents is 1. The van der Waals surface area contributed by atoms with E-state index < -0.39 is 4.92 Å².